The SMILES string of the molecule is CC(C)C(C)(F)C=C(Br)Br.Cc1cc(C)c(C(=O)OCC[Si](C)(C)C)c(/C=C/C[C@@H]2OC(C)(C)OC2C(O)C#CC(C)(F)C(C)C)c1.Cc1cc(C)c(C(=O)OCC[Si](C)(C)C)c(/C=C/C[C@@H]2OC(C)(C)OC2C=O)c1. The number of ether oxygens (including phenoxy) is 6. The van der Waals surface area contributed by atoms with E-state index in [0.717, 1.165) is 51.8 Å². The summed E-state index contributed by atoms with van der Waals surface area (Å²) in [6.45, 7) is 39.5. The van der Waals surface area contributed by atoms with Gasteiger partial charge in [-0.15, -0.1) is 0 Å². The zero-order valence-corrected chi connectivity index (χ0v) is 54.4. The molecule has 4 rings (SSSR count). The topological polar surface area (TPSA) is 127 Å². The summed E-state index contributed by atoms with van der Waals surface area (Å²) in [6.07, 6.45) is 7.51. The first-order valence-electron chi connectivity index (χ1n) is 26.4. The predicted molar refractivity (Wildman–Crippen MR) is 318 cm³/mol. The maximum absolute atomic E-state index is 14.6. The van der Waals surface area contributed by atoms with Gasteiger partial charge in [-0.05, 0) is 166 Å². The molecule has 426 valence electrons. The molecule has 2 heterocycles. The summed E-state index contributed by atoms with van der Waals surface area (Å²) in [4.78, 5) is 37.0. The third-order valence-corrected chi connectivity index (χ3v) is 16.8. The molecular formula is C60H90Br2F2O10Si2. The number of aldehydes is 1. The largest absolute Gasteiger partial charge is 0.462 e. The number of allylic oxidation sites excluding steroid dienone is 1. The molecule has 0 spiro atoms. The van der Waals surface area contributed by atoms with Gasteiger partial charge in [0.15, 0.2) is 23.5 Å². The zero-order valence-electron chi connectivity index (χ0n) is 49.2. The van der Waals surface area contributed by atoms with Crippen molar-refractivity contribution in [3.05, 3.63) is 90.4 Å². The van der Waals surface area contributed by atoms with Gasteiger partial charge in [0.1, 0.15) is 24.0 Å². The molecule has 0 aromatic heterocycles. The standard InChI is InChI=1S/C30H45FO5Si.C23H34O5Si.C7H11Br2F/c1-20(2)30(7,31)15-14-24(32)27-25(35-29(5,6)36-27)13-11-12-23-19-21(3)18-22(4)26(23)28(33)34-16-17-37(8,9)10;1-16-13-17(2)21(22(25)26-11-12-29(5,6)7)18(14-16)9-8-10-19-20(15-24)28-23(3,4)27-19;1-5(2)7(3,10)4-6(8)9/h11-12,18-20,24-25,27,32H,13,16-17H2,1-10H3;8-9,13-15,19-20H,10-12H2,1-7H3;4-5H,1-3H3/b12-11+;9-8+;/t24?,25-,27?,30?;19-,20?;/m00./s1. The molecule has 10 nitrogen and oxygen atoms in total. The van der Waals surface area contributed by atoms with Crippen LogP contribution in [0.5, 0.6) is 0 Å². The van der Waals surface area contributed by atoms with Crippen LogP contribution in [-0.2, 0) is 33.2 Å². The molecule has 76 heavy (non-hydrogen) atoms. The number of carbonyl (C=O) groups excluding carboxylic acids is 3. The van der Waals surface area contributed by atoms with Crippen molar-refractivity contribution in [3.8, 4) is 11.8 Å². The Morgan fingerprint density at radius 3 is 1.53 bits per heavy atom. The van der Waals surface area contributed by atoms with Gasteiger partial charge in [0.05, 0.1) is 39.9 Å². The first-order chi connectivity index (χ1) is 34.7. The normalized spacial score (nSPS) is 21.1. The van der Waals surface area contributed by atoms with Crippen LogP contribution in [0, 0.1) is 51.4 Å². The van der Waals surface area contributed by atoms with Crippen LogP contribution in [0.25, 0.3) is 12.2 Å². The number of rotatable bonds is 19. The number of aryl methyl sites for hydroxylation is 4. The number of esters is 2. The van der Waals surface area contributed by atoms with E-state index in [0.29, 0.717) is 40.6 Å². The van der Waals surface area contributed by atoms with Gasteiger partial charge in [0.25, 0.3) is 0 Å². The first-order valence-corrected chi connectivity index (χ1v) is 35.4. The van der Waals surface area contributed by atoms with E-state index in [4.69, 9.17) is 28.4 Å². The van der Waals surface area contributed by atoms with Crippen molar-refractivity contribution in [1.29, 1.82) is 0 Å². The quantitative estimate of drug-likeness (QED) is 0.0629. The summed E-state index contributed by atoms with van der Waals surface area (Å²) in [5.74, 6) is 2.60. The third-order valence-electron chi connectivity index (χ3n) is 12.9. The van der Waals surface area contributed by atoms with Crippen molar-refractivity contribution >= 4 is 78.4 Å². The molecule has 2 fully saturated rings. The lowest BCUT2D eigenvalue weighted by molar-refractivity contribution is -0.152. The number of aliphatic hydroxyl groups excluding tert-OH is 1. The molecule has 16 heteroatoms. The van der Waals surface area contributed by atoms with Gasteiger partial charge in [-0.25, -0.2) is 18.4 Å². The molecule has 0 aliphatic carbocycles. The fraction of sp³-hybridized carbons (Fsp3) is 0.617. The summed E-state index contributed by atoms with van der Waals surface area (Å²) in [7, 11) is -2.58. The molecule has 0 amide bonds. The molecule has 2 aliphatic heterocycles. The Labute approximate surface area is 474 Å². The van der Waals surface area contributed by atoms with Gasteiger partial charge in [-0.2, -0.15) is 0 Å². The molecule has 2 aliphatic rings. The fourth-order valence-corrected chi connectivity index (χ4v) is 10.1. The van der Waals surface area contributed by atoms with Crippen LogP contribution >= 0.6 is 31.9 Å². The third kappa shape index (κ3) is 24.1. The highest BCUT2D eigenvalue weighted by molar-refractivity contribution is 9.28. The van der Waals surface area contributed by atoms with Gasteiger partial charge in [-0.1, -0.05) is 139 Å². The molecule has 2 saturated heterocycles. The maximum atomic E-state index is 14.6. The molecule has 1 N–H and O–H groups in total. The number of benzene rings is 2. The van der Waals surface area contributed by atoms with E-state index in [1.807, 2.05) is 90.1 Å². The van der Waals surface area contributed by atoms with Crippen molar-refractivity contribution in [3.63, 3.8) is 0 Å². The predicted octanol–water partition coefficient (Wildman–Crippen LogP) is 15.4. The maximum Gasteiger partial charge on any atom is 0.338 e. The number of carbonyl (C=O) groups is 3. The molecule has 0 radical (unpaired) electrons. The van der Waals surface area contributed by atoms with Gasteiger partial charge in [0.2, 0.25) is 0 Å². The first kappa shape index (κ1) is 69.0. The van der Waals surface area contributed by atoms with E-state index >= 15 is 0 Å². The van der Waals surface area contributed by atoms with Crippen LogP contribution in [-0.4, -0.2) is 106 Å². The molecule has 0 bridgehead atoms. The second-order valence-electron chi connectivity index (χ2n) is 24.4. The van der Waals surface area contributed by atoms with Gasteiger partial charge in [0, 0.05) is 16.1 Å². The van der Waals surface area contributed by atoms with E-state index < -0.39 is 63.5 Å². The highest BCUT2D eigenvalue weighted by Crippen LogP contribution is 2.34. The van der Waals surface area contributed by atoms with Gasteiger partial charge >= 0.3 is 11.9 Å². The number of hydrogen-bond acceptors (Lipinski definition) is 10. The van der Waals surface area contributed by atoms with Gasteiger partial charge in [-0.3, -0.25) is 0 Å². The van der Waals surface area contributed by atoms with Crippen LogP contribution in [0.1, 0.15) is 136 Å². The van der Waals surface area contributed by atoms with Crippen molar-refractivity contribution in [2.75, 3.05) is 13.2 Å². The van der Waals surface area contributed by atoms with Crippen LogP contribution in [0.3, 0.4) is 0 Å². The Morgan fingerprint density at radius 2 is 1.14 bits per heavy atom. The van der Waals surface area contributed by atoms with Crippen molar-refractivity contribution in [2.45, 2.75) is 215 Å². The van der Waals surface area contributed by atoms with Gasteiger partial charge < -0.3 is 38.3 Å². The summed E-state index contributed by atoms with van der Waals surface area (Å²) >= 11 is 6.23. The summed E-state index contributed by atoms with van der Waals surface area (Å²) < 4.78 is 63.1. The Bertz CT molecular complexity index is 2420. The lowest BCUT2D eigenvalue weighted by Crippen LogP contribution is -2.35. The van der Waals surface area contributed by atoms with Crippen molar-refractivity contribution in [2.24, 2.45) is 11.8 Å². The van der Waals surface area contributed by atoms with E-state index in [2.05, 4.69) is 83.0 Å². The summed E-state index contributed by atoms with van der Waals surface area (Å²) in [5.41, 5.74) is 3.68. The summed E-state index contributed by atoms with van der Waals surface area (Å²) in [6, 6.07) is 9.76. The average Bonchev–Trinajstić information content (AvgIpc) is 3.73. The number of alkyl halides is 2. The minimum absolute atomic E-state index is 0.00222. The fourth-order valence-electron chi connectivity index (χ4n) is 7.82. The monoisotopic (exact) mass is 1220 g/mol. The van der Waals surface area contributed by atoms with Crippen molar-refractivity contribution in [1.82, 2.24) is 0 Å². The van der Waals surface area contributed by atoms with E-state index in [9.17, 15) is 28.3 Å². The molecule has 7 atom stereocenters. The smallest absolute Gasteiger partial charge is 0.338 e. The van der Waals surface area contributed by atoms with Crippen LogP contribution < -0.4 is 0 Å². The lowest BCUT2D eigenvalue weighted by Gasteiger charge is -2.20. The highest BCUT2D eigenvalue weighted by atomic mass is 79.9. The summed E-state index contributed by atoms with van der Waals surface area (Å²) in [5, 5.41) is 10.7. The number of aliphatic hydroxyl groups is 1. The van der Waals surface area contributed by atoms with Crippen LogP contribution in [0.15, 0.2) is 45.9 Å². The minimum atomic E-state index is -1.71. The lowest BCUT2D eigenvalue weighted by atomic mass is 9.94. The number of hydrogen-bond donors (Lipinski definition) is 1. The highest BCUT2D eigenvalue weighted by Gasteiger charge is 2.44. The second kappa shape index (κ2) is 29.4. The van der Waals surface area contributed by atoms with Crippen LogP contribution in [0.2, 0.25) is 51.4 Å². The Morgan fingerprint density at radius 1 is 0.724 bits per heavy atom. The van der Waals surface area contributed by atoms with Crippen LogP contribution in [0.4, 0.5) is 8.78 Å². The molecule has 2 aromatic carbocycles. The Balaban J connectivity index is 0.000000449. The molecule has 0 saturated carbocycles. The Hall–Kier alpha value is -3.12. The average molecular weight is 1230 g/mol. The molecular weight excluding hydrogens is 1130 g/mol. The van der Waals surface area contributed by atoms with E-state index in [-0.39, 0.29) is 29.9 Å². The zero-order chi connectivity index (χ0) is 58.4. The minimum Gasteiger partial charge on any atom is -0.462 e. The van der Waals surface area contributed by atoms with Crippen molar-refractivity contribution < 1.29 is 56.7 Å². The number of halogens is 4. The Kier molecular flexibility index (Phi) is 26.7. The second-order valence-corrected chi connectivity index (χ2v) is 38.4. The van der Waals surface area contributed by atoms with E-state index in [1.54, 1.807) is 48.5 Å². The molecule has 5 unspecified atom stereocenters. The van der Waals surface area contributed by atoms with E-state index in [1.165, 1.54) is 13.0 Å². The molecule has 2 aromatic rings.